The van der Waals surface area contributed by atoms with Crippen molar-refractivity contribution in [3.8, 4) is 5.75 Å². The van der Waals surface area contributed by atoms with Gasteiger partial charge in [0, 0.05) is 42.3 Å². The molecule has 0 spiro atoms. The third-order valence-electron chi connectivity index (χ3n) is 4.88. The van der Waals surface area contributed by atoms with Crippen molar-refractivity contribution in [3.05, 3.63) is 91.2 Å². The molecule has 1 N–H and O–H groups in total. The molecule has 0 aliphatic carbocycles. The van der Waals surface area contributed by atoms with E-state index in [9.17, 15) is 4.79 Å². The topological polar surface area (TPSA) is 44.8 Å². The highest BCUT2D eigenvalue weighted by atomic mass is 32.2. The zero-order chi connectivity index (χ0) is 21.3. The summed E-state index contributed by atoms with van der Waals surface area (Å²) in [5.41, 5.74) is 2.63. The van der Waals surface area contributed by atoms with E-state index in [0.717, 1.165) is 35.1 Å². The van der Waals surface area contributed by atoms with Crippen LogP contribution in [0.25, 0.3) is 0 Å². The minimum absolute atomic E-state index is 0.0581. The van der Waals surface area contributed by atoms with Crippen LogP contribution in [-0.4, -0.2) is 44.1 Å². The van der Waals surface area contributed by atoms with E-state index in [4.69, 9.17) is 4.74 Å². The van der Waals surface area contributed by atoms with Crippen LogP contribution in [0, 0.1) is 0 Å². The van der Waals surface area contributed by atoms with E-state index in [-0.39, 0.29) is 5.91 Å². The van der Waals surface area contributed by atoms with Crippen LogP contribution in [0.3, 0.4) is 0 Å². The van der Waals surface area contributed by atoms with Crippen molar-refractivity contribution in [3.63, 3.8) is 0 Å². The van der Waals surface area contributed by atoms with Crippen LogP contribution in [0.5, 0.6) is 5.75 Å². The van der Waals surface area contributed by atoms with Crippen LogP contribution in [0.1, 0.15) is 10.4 Å². The number of nitrogens with zero attached hydrogens (tertiary/aromatic N) is 2. The number of rotatable bonds is 8. The first kappa shape index (κ1) is 21.6. The van der Waals surface area contributed by atoms with Crippen LogP contribution >= 0.6 is 11.9 Å². The second kappa shape index (κ2) is 10.6. The Hall–Kier alpha value is -3.12. The average molecular weight is 422 g/mol. The fourth-order valence-corrected chi connectivity index (χ4v) is 4.02. The van der Waals surface area contributed by atoms with Crippen LogP contribution in [0.15, 0.2) is 90.5 Å². The first-order valence-electron chi connectivity index (χ1n) is 9.81. The van der Waals surface area contributed by atoms with Crippen LogP contribution < -0.4 is 14.4 Å². The van der Waals surface area contributed by atoms with Gasteiger partial charge in [0.2, 0.25) is 0 Å². The summed E-state index contributed by atoms with van der Waals surface area (Å²) in [6.07, 6.45) is 5.27. The fraction of sp³-hybridized carbons (Fsp3) is 0.208. The molecular weight excluding hydrogens is 394 g/mol. The standard InChI is InChI=1S/C24H27N3O2S/c1-4-9-20(5-2)25-30-21-11-8-10-19(18-21)24(28)27-16-14-26(15-17-27)22-12-6-7-13-23(22)29-3/h4-13,18,25H,1-2,14-17H2,3H3/b20-9+. The Morgan fingerprint density at radius 1 is 1.10 bits per heavy atom. The summed E-state index contributed by atoms with van der Waals surface area (Å²) in [7, 11) is 1.68. The predicted molar refractivity (Wildman–Crippen MR) is 125 cm³/mol. The summed E-state index contributed by atoms with van der Waals surface area (Å²) in [5.74, 6) is 0.918. The summed E-state index contributed by atoms with van der Waals surface area (Å²) in [5, 5.41) is 0. The summed E-state index contributed by atoms with van der Waals surface area (Å²) in [6.45, 7) is 10.4. The fourth-order valence-electron chi connectivity index (χ4n) is 3.31. The third kappa shape index (κ3) is 5.27. The molecule has 6 heteroatoms. The first-order valence-corrected chi connectivity index (χ1v) is 10.6. The number of benzene rings is 2. The molecule has 30 heavy (non-hydrogen) atoms. The molecule has 3 rings (SSSR count). The van der Waals surface area contributed by atoms with E-state index in [1.54, 1.807) is 19.3 Å². The molecule has 0 saturated carbocycles. The Labute approximate surface area is 182 Å². The Morgan fingerprint density at radius 2 is 1.87 bits per heavy atom. The van der Waals surface area contributed by atoms with E-state index in [1.165, 1.54) is 11.9 Å². The van der Waals surface area contributed by atoms with E-state index in [1.807, 2.05) is 53.4 Å². The maximum absolute atomic E-state index is 13.0. The van der Waals surface area contributed by atoms with Crippen molar-refractivity contribution < 1.29 is 9.53 Å². The molecule has 1 aliphatic heterocycles. The molecule has 0 radical (unpaired) electrons. The lowest BCUT2D eigenvalue weighted by Crippen LogP contribution is -2.48. The van der Waals surface area contributed by atoms with Crippen LogP contribution in [-0.2, 0) is 0 Å². The summed E-state index contributed by atoms with van der Waals surface area (Å²) >= 11 is 1.44. The minimum Gasteiger partial charge on any atom is -0.495 e. The molecule has 1 aliphatic rings. The molecule has 1 saturated heterocycles. The highest BCUT2D eigenvalue weighted by Crippen LogP contribution is 2.28. The molecule has 0 bridgehead atoms. The number of hydrogen-bond donors (Lipinski definition) is 1. The van der Waals surface area contributed by atoms with Gasteiger partial charge in [-0.15, -0.1) is 0 Å². The second-order valence-electron chi connectivity index (χ2n) is 6.74. The van der Waals surface area contributed by atoms with Crippen molar-refractivity contribution >= 4 is 23.5 Å². The van der Waals surface area contributed by atoms with Gasteiger partial charge in [-0.25, -0.2) is 0 Å². The number of ether oxygens (including phenoxy) is 1. The van der Waals surface area contributed by atoms with E-state index < -0.39 is 0 Å². The van der Waals surface area contributed by atoms with Crippen molar-refractivity contribution in [1.82, 2.24) is 9.62 Å². The van der Waals surface area contributed by atoms with Gasteiger partial charge >= 0.3 is 0 Å². The van der Waals surface area contributed by atoms with Crippen molar-refractivity contribution in [2.45, 2.75) is 4.90 Å². The van der Waals surface area contributed by atoms with Gasteiger partial charge in [0.05, 0.1) is 12.8 Å². The minimum atomic E-state index is 0.0581. The Bertz CT molecular complexity index is 934. The highest BCUT2D eigenvalue weighted by molar-refractivity contribution is 7.97. The molecular formula is C24H27N3O2S. The maximum Gasteiger partial charge on any atom is 0.254 e. The molecule has 2 aromatic rings. The Kier molecular flexibility index (Phi) is 7.63. The quantitative estimate of drug-likeness (QED) is 0.502. The lowest BCUT2D eigenvalue weighted by atomic mass is 10.1. The molecule has 1 amide bonds. The lowest BCUT2D eigenvalue weighted by Gasteiger charge is -2.36. The number of piperazine rings is 1. The van der Waals surface area contributed by atoms with Gasteiger partial charge < -0.3 is 19.3 Å². The zero-order valence-corrected chi connectivity index (χ0v) is 18.0. The predicted octanol–water partition coefficient (Wildman–Crippen LogP) is 4.51. The number of carbonyl (C=O) groups is 1. The monoisotopic (exact) mass is 421 g/mol. The highest BCUT2D eigenvalue weighted by Gasteiger charge is 2.23. The van der Waals surface area contributed by atoms with Crippen molar-refractivity contribution in [1.29, 1.82) is 0 Å². The van der Waals surface area contributed by atoms with Crippen LogP contribution in [0.4, 0.5) is 5.69 Å². The van der Waals surface area contributed by atoms with Crippen molar-refractivity contribution in [2.24, 2.45) is 0 Å². The number of anilines is 1. The summed E-state index contributed by atoms with van der Waals surface area (Å²) in [4.78, 5) is 18.2. The van der Waals surface area contributed by atoms with Gasteiger partial charge in [0.1, 0.15) is 5.75 Å². The van der Waals surface area contributed by atoms with Gasteiger partial charge in [0.25, 0.3) is 5.91 Å². The number of hydrogen-bond acceptors (Lipinski definition) is 5. The molecule has 5 nitrogen and oxygen atoms in total. The number of amides is 1. The molecule has 0 atom stereocenters. The van der Waals surface area contributed by atoms with Crippen molar-refractivity contribution in [2.75, 3.05) is 38.2 Å². The van der Waals surface area contributed by atoms with Gasteiger partial charge in [-0.3, -0.25) is 4.79 Å². The van der Waals surface area contributed by atoms with Gasteiger partial charge in [0.15, 0.2) is 0 Å². The lowest BCUT2D eigenvalue weighted by molar-refractivity contribution is 0.0746. The van der Waals surface area contributed by atoms with E-state index >= 15 is 0 Å². The maximum atomic E-state index is 13.0. The first-order chi connectivity index (χ1) is 14.7. The van der Waals surface area contributed by atoms with E-state index in [0.29, 0.717) is 18.7 Å². The number of nitrogens with one attached hydrogen (secondary N) is 1. The van der Waals surface area contributed by atoms with E-state index in [2.05, 4.69) is 28.8 Å². The molecule has 0 aromatic heterocycles. The molecule has 1 fully saturated rings. The Balaban J connectivity index is 1.62. The zero-order valence-electron chi connectivity index (χ0n) is 17.2. The SMILES string of the molecule is C=C/C=C(\C=C)NSc1cccc(C(=O)N2CCN(c3ccccc3OC)CC2)c1. The van der Waals surface area contributed by atoms with Gasteiger partial charge in [-0.2, -0.15) is 0 Å². The number of para-hydroxylation sites is 2. The molecule has 0 unspecified atom stereocenters. The number of carbonyl (C=O) groups excluding carboxylic acids is 1. The van der Waals surface area contributed by atoms with Gasteiger partial charge in [-0.05, 0) is 54.4 Å². The third-order valence-corrected chi connectivity index (χ3v) is 5.71. The normalized spacial score (nSPS) is 14.2. The molecule has 1 heterocycles. The average Bonchev–Trinajstić information content (AvgIpc) is 2.81. The number of allylic oxidation sites excluding steroid dienone is 3. The smallest absolute Gasteiger partial charge is 0.254 e. The Morgan fingerprint density at radius 3 is 2.57 bits per heavy atom. The van der Waals surface area contributed by atoms with Crippen LogP contribution in [0.2, 0.25) is 0 Å². The molecule has 156 valence electrons. The number of methoxy groups -OCH3 is 1. The summed E-state index contributed by atoms with van der Waals surface area (Å²) in [6, 6.07) is 15.7. The largest absolute Gasteiger partial charge is 0.495 e. The summed E-state index contributed by atoms with van der Waals surface area (Å²) < 4.78 is 8.68. The van der Waals surface area contributed by atoms with Gasteiger partial charge in [-0.1, -0.05) is 37.4 Å². The molecule has 2 aromatic carbocycles. The second-order valence-corrected chi connectivity index (χ2v) is 7.62.